The molecule has 2 N–H and O–H groups in total. The van der Waals surface area contributed by atoms with Gasteiger partial charge in [-0.1, -0.05) is 36.4 Å². The summed E-state index contributed by atoms with van der Waals surface area (Å²) in [5.74, 6) is -0.571. The monoisotopic (exact) mass is 606 g/mol. The second-order valence-electron chi connectivity index (χ2n) is 11.2. The number of aldehydes is 1. The van der Waals surface area contributed by atoms with E-state index < -0.39 is 11.6 Å². The first-order chi connectivity index (χ1) is 21.1. The van der Waals surface area contributed by atoms with Crippen LogP contribution in [0.2, 0.25) is 0 Å². The van der Waals surface area contributed by atoms with E-state index in [1.165, 1.54) is 43.6 Å². The highest BCUT2D eigenvalue weighted by atomic mass is 19.2. The van der Waals surface area contributed by atoms with Crippen LogP contribution in [0.5, 0.6) is 0 Å². The van der Waals surface area contributed by atoms with Crippen molar-refractivity contribution in [3.8, 4) is 6.07 Å². The number of aromatic nitrogens is 1. The number of halogens is 2. The molecule has 0 unspecified atom stereocenters. The predicted octanol–water partition coefficient (Wildman–Crippen LogP) is 6.13. The number of carbonyl (C=O) groups excluding carboxylic acids is 1. The molecule has 1 aromatic heterocycles. The molecule has 3 heterocycles. The smallest absolute Gasteiger partial charge is 0.159 e. The summed E-state index contributed by atoms with van der Waals surface area (Å²) in [6.07, 6.45) is 11.6. The van der Waals surface area contributed by atoms with Crippen LogP contribution < -0.4 is 15.5 Å². The summed E-state index contributed by atoms with van der Waals surface area (Å²) in [7, 11) is 1.75. The van der Waals surface area contributed by atoms with Crippen molar-refractivity contribution >= 4 is 12.1 Å². The Hall–Kier alpha value is -3.71. The molecule has 0 saturated carbocycles. The Morgan fingerprint density at radius 2 is 1.84 bits per heavy atom. The Balaban J connectivity index is 0.000000308. The van der Waals surface area contributed by atoms with Gasteiger partial charge < -0.3 is 15.5 Å². The summed E-state index contributed by atoms with van der Waals surface area (Å²) in [6, 6.07) is 7.74. The molecular weight excluding hydrogens is 558 g/mol. The van der Waals surface area contributed by atoms with Crippen molar-refractivity contribution in [1.82, 2.24) is 20.5 Å². The maximum atomic E-state index is 12.5. The fourth-order valence-corrected chi connectivity index (χ4v) is 5.29. The van der Waals surface area contributed by atoms with E-state index in [0.29, 0.717) is 17.7 Å². The Bertz CT molecular complexity index is 1320. The lowest BCUT2D eigenvalue weighted by Crippen LogP contribution is -2.53. The predicted molar refractivity (Wildman–Crippen MR) is 176 cm³/mol. The van der Waals surface area contributed by atoms with Gasteiger partial charge in [0, 0.05) is 68.7 Å². The molecule has 0 bridgehead atoms. The molecule has 2 aliphatic rings. The number of nitrogens with zero attached hydrogens (tertiary/aromatic N) is 4. The molecule has 0 atom stereocenters. The van der Waals surface area contributed by atoms with Crippen LogP contribution in [0.4, 0.5) is 14.6 Å². The van der Waals surface area contributed by atoms with Crippen molar-refractivity contribution in [2.24, 2.45) is 0 Å². The van der Waals surface area contributed by atoms with Gasteiger partial charge >= 0.3 is 0 Å². The van der Waals surface area contributed by atoms with E-state index >= 15 is 0 Å². The maximum absolute atomic E-state index is 12.5. The molecule has 2 aliphatic heterocycles. The SMILES string of the molecule is C/C=C(\C)CN1CCC2(CC1)CCN(c1ncc(C=O)cc1C)CCN2.C=C/C(C#N)=C\C.CNCc1ccc(F)c(F)c1. The summed E-state index contributed by atoms with van der Waals surface area (Å²) in [5, 5.41) is 14.8. The third-order valence-corrected chi connectivity index (χ3v) is 8.05. The summed E-state index contributed by atoms with van der Waals surface area (Å²) in [4.78, 5) is 20.5. The van der Waals surface area contributed by atoms with Gasteiger partial charge in [0.15, 0.2) is 17.9 Å². The molecule has 2 saturated heterocycles. The molecule has 9 heteroatoms. The summed E-state index contributed by atoms with van der Waals surface area (Å²) in [5.41, 5.74) is 4.83. The van der Waals surface area contributed by atoms with Crippen LogP contribution in [0.15, 0.2) is 66.4 Å². The first-order valence-corrected chi connectivity index (χ1v) is 15.2. The lowest BCUT2D eigenvalue weighted by atomic mass is 9.84. The van der Waals surface area contributed by atoms with Crippen LogP contribution in [0.3, 0.4) is 0 Å². The third-order valence-electron chi connectivity index (χ3n) is 8.05. The highest BCUT2D eigenvalue weighted by molar-refractivity contribution is 5.75. The number of allylic oxidation sites excluding steroid dienone is 4. The lowest BCUT2D eigenvalue weighted by Gasteiger charge is -2.42. The van der Waals surface area contributed by atoms with Gasteiger partial charge in [0.25, 0.3) is 0 Å². The van der Waals surface area contributed by atoms with Crippen molar-refractivity contribution in [3.63, 3.8) is 0 Å². The van der Waals surface area contributed by atoms with Crippen LogP contribution in [0.25, 0.3) is 0 Å². The second kappa shape index (κ2) is 18.8. The molecular formula is C35H48F2N6O. The number of likely N-dealkylation sites (tertiary alicyclic amines) is 1. The molecule has 4 rings (SSSR count). The number of anilines is 1. The van der Waals surface area contributed by atoms with Crippen molar-refractivity contribution in [2.75, 3.05) is 51.2 Å². The number of nitriles is 1. The van der Waals surface area contributed by atoms with E-state index in [-0.39, 0.29) is 5.54 Å². The highest BCUT2D eigenvalue weighted by Gasteiger charge is 2.36. The molecule has 0 aliphatic carbocycles. The van der Waals surface area contributed by atoms with Crippen molar-refractivity contribution in [1.29, 1.82) is 5.26 Å². The number of rotatable bonds is 7. The number of piperidine rings is 1. The quantitative estimate of drug-likeness (QED) is 0.170. The van der Waals surface area contributed by atoms with Crippen molar-refractivity contribution in [2.45, 2.75) is 59.0 Å². The fraction of sp³-hybridized carbons (Fsp3) is 0.457. The van der Waals surface area contributed by atoms with Crippen LogP contribution >= 0.6 is 0 Å². The number of carbonyl (C=O) groups is 1. The number of hydrogen-bond donors (Lipinski definition) is 2. The standard InChI is InChI=1S/C21H32N4O.C8H9F2N.C6H7N/c1-4-17(2)15-24-9-5-21(6-10-24)7-11-25(12-8-23-21)20-18(3)13-19(16-26)14-22-20;1-11-5-6-2-3-7(9)8(10)4-6;1-3-6(4-2)5-7/h4,13-14,16,23H,5-12,15H2,1-3H3;2-4,11H,5H2,1H3;3-4H,1H2,2H3/b17-4+;;6-4+. The topological polar surface area (TPSA) is 84.3 Å². The number of hydrogen-bond acceptors (Lipinski definition) is 7. The van der Waals surface area contributed by atoms with E-state index in [1.807, 2.05) is 19.1 Å². The molecule has 0 radical (unpaired) electrons. The average Bonchev–Trinajstić information content (AvgIpc) is 3.24. The summed E-state index contributed by atoms with van der Waals surface area (Å²) >= 11 is 0. The molecule has 1 aromatic carbocycles. The normalized spacial score (nSPS) is 16.9. The largest absolute Gasteiger partial charge is 0.355 e. The van der Waals surface area contributed by atoms with Gasteiger partial charge in [-0.2, -0.15) is 5.26 Å². The molecule has 44 heavy (non-hydrogen) atoms. The zero-order valence-electron chi connectivity index (χ0n) is 26.9. The van der Waals surface area contributed by atoms with Gasteiger partial charge in [-0.25, -0.2) is 13.8 Å². The van der Waals surface area contributed by atoms with Crippen LogP contribution in [0.1, 0.15) is 61.5 Å². The minimum Gasteiger partial charge on any atom is -0.355 e. The average molecular weight is 607 g/mol. The first-order valence-electron chi connectivity index (χ1n) is 15.2. The zero-order chi connectivity index (χ0) is 32.5. The molecule has 7 nitrogen and oxygen atoms in total. The Morgan fingerprint density at radius 3 is 2.36 bits per heavy atom. The second-order valence-corrected chi connectivity index (χ2v) is 11.2. The van der Waals surface area contributed by atoms with Crippen LogP contribution in [-0.2, 0) is 6.54 Å². The van der Waals surface area contributed by atoms with Gasteiger partial charge in [-0.05, 0) is 83.3 Å². The molecule has 1 spiro atoms. The molecule has 2 aromatic rings. The molecule has 0 amide bonds. The maximum Gasteiger partial charge on any atom is 0.159 e. The van der Waals surface area contributed by atoms with Gasteiger partial charge in [-0.15, -0.1) is 0 Å². The van der Waals surface area contributed by atoms with Crippen molar-refractivity contribution < 1.29 is 13.6 Å². The molecule has 2 fully saturated rings. The summed E-state index contributed by atoms with van der Waals surface area (Å²) in [6.45, 7) is 18.6. The highest BCUT2D eigenvalue weighted by Crippen LogP contribution is 2.29. The number of nitrogens with one attached hydrogen (secondary N) is 2. The van der Waals surface area contributed by atoms with E-state index in [9.17, 15) is 13.6 Å². The van der Waals surface area contributed by atoms with Gasteiger partial charge in [0.2, 0.25) is 0 Å². The number of pyridine rings is 1. The first kappa shape index (κ1) is 36.5. The van der Waals surface area contributed by atoms with E-state index in [2.05, 4.69) is 51.9 Å². The van der Waals surface area contributed by atoms with E-state index in [4.69, 9.17) is 5.26 Å². The zero-order valence-corrected chi connectivity index (χ0v) is 26.9. The minimum atomic E-state index is -0.801. The lowest BCUT2D eigenvalue weighted by molar-refractivity contribution is 0.112. The van der Waals surface area contributed by atoms with Crippen LogP contribution in [-0.4, -0.2) is 68.0 Å². The fourth-order valence-electron chi connectivity index (χ4n) is 5.29. The van der Waals surface area contributed by atoms with E-state index in [0.717, 1.165) is 61.9 Å². The van der Waals surface area contributed by atoms with Crippen molar-refractivity contribution in [3.05, 3.63) is 94.7 Å². The Labute approximate surface area is 262 Å². The van der Waals surface area contributed by atoms with Gasteiger partial charge in [0.05, 0.1) is 6.07 Å². The Morgan fingerprint density at radius 1 is 1.14 bits per heavy atom. The van der Waals surface area contributed by atoms with E-state index in [1.54, 1.807) is 32.3 Å². The summed E-state index contributed by atoms with van der Waals surface area (Å²) < 4.78 is 24.8. The van der Waals surface area contributed by atoms with Gasteiger partial charge in [0.1, 0.15) is 5.82 Å². The Kier molecular flexibility index (Phi) is 15.6. The number of aryl methyl sites for hydroxylation is 1. The van der Waals surface area contributed by atoms with Gasteiger partial charge in [-0.3, -0.25) is 9.69 Å². The van der Waals surface area contributed by atoms with Crippen LogP contribution in [0, 0.1) is 29.9 Å². The third kappa shape index (κ3) is 11.4. The molecule has 238 valence electrons. The number of benzene rings is 1. The minimum absolute atomic E-state index is 0.270.